The number of hydrogen-bond donors (Lipinski definition) is 0. The van der Waals surface area contributed by atoms with Crippen molar-refractivity contribution >= 4 is 29.2 Å². The third-order valence-corrected chi connectivity index (χ3v) is 3.89. The monoisotopic (exact) mass is 330 g/mol. The maximum atomic E-state index is 12.0. The summed E-state index contributed by atoms with van der Waals surface area (Å²) in [6, 6.07) is 7.30. The minimum atomic E-state index is -0.895. The first-order valence-electron chi connectivity index (χ1n) is 7.81. The highest BCUT2D eigenvalue weighted by molar-refractivity contribution is 5.94. The fraction of sp³-hybridized carbons (Fsp3) is 0.353. The molecule has 0 aliphatic carbocycles. The summed E-state index contributed by atoms with van der Waals surface area (Å²) in [5.74, 6) is -0.416. The normalized spacial score (nSPS) is 20.3. The zero-order valence-corrected chi connectivity index (χ0v) is 13.3. The molecule has 0 spiro atoms. The molecule has 7 nitrogen and oxygen atoms in total. The van der Waals surface area contributed by atoms with Gasteiger partial charge in [0, 0.05) is 30.5 Å². The van der Waals surface area contributed by atoms with Gasteiger partial charge in [0.1, 0.15) is 0 Å². The second kappa shape index (κ2) is 6.74. The topological polar surface area (TPSA) is 76.2 Å². The number of benzene rings is 1. The summed E-state index contributed by atoms with van der Waals surface area (Å²) in [5.41, 5.74) is 1.57. The van der Waals surface area contributed by atoms with Crippen LogP contribution in [0, 0.1) is 0 Å². The van der Waals surface area contributed by atoms with Crippen molar-refractivity contribution in [3.05, 3.63) is 36.5 Å². The van der Waals surface area contributed by atoms with Crippen LogP contribution in [0.1, 0.15) is 13.3 Å². The molecular formula is C17H18N2O5. The summed E-state index contributed by atoms with van der Waals surface area (Å²) in [6.45, 7) is 2.71. The Labute approximate surface area is 139 Å². The van der Waals surface area contributed by atoms with Crippen LogP contribution in [0.5, 0.6) is 0 Å². The highest BCUT2D eigenvalue weighted by atomic mass is 16.6. The number of ether oxygens (including phenoxy) is 2. The molecule has 0 radical (unpaired) electrons. The number of nitrogens with zero attached hydrogens (tertiary/aromatic N) is 2. The molecule has 3 rings (SSSR count). The van der Waals surface area contributed by atoms with E-state index in [4.69, 9.17) is 9.47 Å². The molecule has 1 atom stereocenters. The maximum Gasteiger partial charge on any atom is 0.415 e. The molecule has 2 aliphatic rings. The third kappa shape index (κ3) is 3.24. The number of esters is 1. The first kappa shape index (κ1) is 16.0. The van der Waals surface area contributed by atoms with E-state index in [1.807, 2.05) is 17.0 Å². The lowest BCUT2D eigenvalue weighted by Gasteiger charge is -2.23. The molecule has 1 amide bonds. The number of hydrogen-bond acceptors (Lipinski definition) is 6. The average Bonchev–Trinajstić information content (AvgIpc) is 2.98. The van der Waals surface area contributed by atoms with Crippen molar-refractivity contribution in [2.24, 2.45) is 0 Å². The van der Waals surface area contributed by atoms with Gasteiger partial charge in [0.05, 0.1) is 13.2 Å². The van der Waals surface area contributed by atoms with E-state index in [0.717, 1.165) is 5.69 Å². The molecule has 24 heavy (non-hydrogen) atoms. The zero-order chi connectivity index (χ0) is 17.1. The van der Waals surface area contributed by atoms with E-state index in [-0.39, 0.29) is 18.9 Å². The summed E-state index contributed by atoms with van der Waals surface area (Å²) in [7, 11) is 0. The second-order valence-corrected chi connectivity index (χ2v) is 5.48. The van der Waals surface area contributed by atoms with Crippen molar-refractivity contribution < 1.29 is 23.9 Å². The number of carbonyl (C=O) groups is 3. The van der Waals surface area contributed by atoms with Crippen molar-refractivity contribution in [3.8, 4) is 0 Å². The summed E-state index contributed by atoms with van der Waals surface area (Å²) in [4.78, 5) is 38.2. The molecule has 126 valence electrons. The average molecular weight is 330 g/mol. The minimum Gasteiger partial charge on any atom is -0.463 e. The Kier molecular flexibility index (Phi) is 4.50. The van der Waals surface area contributed by atoms with Crippen LogP contribution in [-0.4, -0.2) is 43.6 Å². The molecule has 2 heterocycles. The molecule has 1 saturated heterocycles. The molecule has 0 aromatic heterocycles. The van der Waals surface area contributed by atoms with E-state index in [0.29, 0.717) is 18.7 Å². The van der Waals surface area contributed by atoms with E-state index in [2.05, 4.69) is 0 Å². The predicted molar refractivity (Wildman–Crippen MR) is 86.8 cm³/mol. The lowest BCUT2D eigenvalue weighted by atomic mass is 10.1. The van der Waals surface area contributed by atoms with E-state index in [1.165, 1.54) is 4.90 Å². The molecule has 1 aromatic rings. The number of anilines is 2. The molecule has 1 fully saturated rings. The van der Waals surface area contributed by atoms with Gasteiger partial charge in [0.15, 0.2) is 5.78 Å². The van der Waals surface area contributed by atoms with E-state index >= 15 is 0 Å². The fourth-order valence-electron chi connectivity index (χ4n) is 2.63. The highest BCUT2D eigenvalue weighted by Crippen LogP contribution is 2.26. The van der Waals surface area contributed by atoms with Crippen LogP contribution >= 0.6 is 0 Å². The van der Waals surface area contributed by atoms with Crippen LogP contribution in [0.25, 0.3) is 0 Å². The van der Waals surface area contributed by atoms with Gasteiger partial charge < -0.3 is 14.4 Å². The summed E-state index contributed by atoms with van der Waals surface area (Å²) < 4.78 is 9.94. The summed E-state index contributed by atoms with van der Waals surface area (Å²) >= 11 is 0. The van der Waals surface area contributed by atoms with Crippen LogP contribution in [0.15, 0.2) is 36.5 Å². The Balaban J connectivity index is 1.69. The lowest BCUT2D eigenvalue weighted by Crippen LogP contribution is -2.29. The molecular weight excluding hydrogens is 312 g/mol. The number of cyclic esters (lactones) is 1. The van der Waals surface area contributed by atoms with Crippen molar-refractivity contribution in [1.82, 2.24) is 0 Å². The van der Waals surface area contributed by atoms with Crippen molar-refractivity contribution in [3.63, 3.8) is 0 Å². The number of amides is 1. The van der Waals surface area contributed by atoms with Gasteiger partial charge >= 0.3 is 12.1 Å². The van der Waals surface area contributed by atoms with Crippen LogP contribution in [0.3, 0.4) is 0 Å². The van der Waals surface area contributed by atoms with Gasteiger partial charge in [-0.3, -0.25) is 9.69 Å². The van der Waals surface area contributed by atoms with Crippen LogP contribution in [0.2, 0.25) is 0 Å². The number of carbonyl (C=O) groups excluding carboxylic acids is 3. The molecule has 7 heteroatoms. The largest absolute Gasteiger partial charge is 0.463 e. The zero-order valence-electron chi connectivity index (χ0n) is 13.3. The van der Waals surface area contributed by atoms with Crippen LogP contribution in [-0.2, 0) is 19.1 Å². The van der Waals surface area contributed by atoms with Gasteiger partial charge in [0.25, 0.3) is 0 Å². The molecule has 2 aliphatic heterocycles. The minimum absolute atomic E-state index is 0.118. The van der Waals surface area contributed by atoms with E-state index in [1.54, 1.807) is 31.3 Å². The third-order valence-electron chi connectivity index (χ3n) is 3.89. The molecule has 0 N–H and O–H groups in total. The quantitative estimate of drug-likeness (QED) is 0.785. The van der Waals surface area contributed by atoms with Crippen molar-refractivity contribution in [1.29, 1.82) is 0 Å². The molecule has 0 bridgehead atoms. The first-order chi connectivity index (χ1) is 11.6. The lowest BCUT2D eigenvalue weighted by molar-refractivity contribution is -0.151. The van der Waals surface area contributed by atoms with Crippen molar-refractivity contribution in [2.45, 2.75) is 19.4 Å². The number of rotatable bonds is 4. The fourth-order valence-corrected chi connectivity index (χ4v) is 2.63. The summed E-state index contributed by atoms with van der Waals surface area (Å²) in [6.07, 6.45) is 2.33. The van der Waals surface area contributed by atoms with Crippen LogP contribution < -0.4 is 9.80 Å². The van der Waals surface area contributed by atoms with E-state index in [9.17, 15) is 14.4 Å². The Bertz CT molecular complexity index is 683. The number of ketones is 1. The van der Waals surface area contributed by atoms with Gasteiger partial charge in [-0.05, 0) is 37.3 Å². The van der Waals surface area contributed by atoms with Crippen molar-refractivity contribution in [2.75, 3.05) is 29.5 Å². The van der Waals surface area contributed by atoms with Crippen LogP contribution in [0.4, 0.5) is 16.2 Å². The SMILES string of the molecule is CCOC(=O)C1CN(c2ccc(N3C=CC(=O)CC3)cc2)C(=O)O1. The maximum absolute atomic E-state index is 12.0. The Morgan fingerprint density at radius 2 is 1.96 bits per heavy atom. The highest BCUT2D eigenvalue weighted by Gasteiger charge is 2.37. The number of allylic oxidation sites excluding steroid dienone is 1. The van der Waals surface area contributed by atoms with E-state index < -0.39 is 18.2 Å². The second-order valence-electron chi connectivity index (χ2n) is 5.48. The predicted octanol–water partition coefficient (Wildman–Crippen LogP) is 1.87. The smallest absolute Gasteiger partial charge is 0.415 e. The molecule has 1 unspecified atom stereocenters. The Morgan fingerprint density at radius 3 is 2.58 bits per heavy atom. The van der Waals surface area contributed by atoms with Gasteiger partial charge in [-0.25, -0.2) is 9.59 Å². The van der Waals surface area contributed by atoms with Gasteiger partial charge in [-0.1, -0.05) is 0 Å². The molecule has 1 aromatic carbocycles. The Morgan fingerprint density at radius 1 is 1.25 bits per heavy atom. The van der Waals surface area contributed by atoms with Gasteiger partial charge in [-0.15, -0.1) is 0 Å². The van der Waals surface area contributed by atoms with Gasteiger partial charge in [-0.2, -0.15) is 0 Å². The standard InChI is InChI=1S/C17H18N2O5/c1-2-23-16(21)15-11-19(17(22)24-15)13-5-3-12(4-6-13)18-9-7-14(20)8-10-18/h3-7,9,15H,2,8,10-11H2,1H3. The van der Waals surface area contributed by atoms with Gasteiger partial charge in [0.2, 0.25) is 6.10 Å². The molecule has 0 saturated carbocycles. The first-order valence-corrected chi connectivity index (χ1v) is 7.81. The Hall–Kier alpha value is -2.83. The summed E-state index contributed by atoms with van der Waals surface area (Å²) in [5, 5.41) is 0.